The monoisotopic (exact) mass is 258 g/mol. The summed E-state index contributed by atoms with van der Waals surface area (Å²) in [5.74, 6) is 0.589. The van der Waals surface area contributed by atoms with Crippen LogP contribution in [0.4, 0.5) is 0 Å². The minimum absolute atomic E-state index is 0.0582. The first-order valence-electron chi connectivity index (χ1n) is 7.25. The minimum Gasteiger partial charge on any atom is -0.312 e. The number of hydrogen-bond donors (Lipinski definition) is 0. The van der Waals surface area contributed by atoms with Crippen LogP contribution in [0.25, 0.3) is 0 Å². The van der Waals surface area contributed by atoms with Crippen LogP contribution in [0.1, 0.15) is 49.9 Å². The number of rotatable bonds is 4. The lowest BCUT2D eigenvalue weighted by Crippen LogP contribution is -2.30. The molecule has 102 valence electrons. The van der Waals surface area contributed by atoms with Crippen molar-refractivity contribution >= 4 is 0 Å². The summed E-state index contributed by atoms with van der Waals surface area (Å²) in [6, 6.07) is 4.09. The van der Waals surface area contributed by atoms with Gasteiger partial charge in [-0.15, -0.1) is 0 Å². The molecule has 1 heterocycles. The quantitative estimate of drug-likeness (QED) is 0.833. The molecule has 3 nitrogen and oxygen atoms in total. The van der Waals surface area contributed by atoms with Crippen molar-refractivity contribution in [2.75, 3.05) is 0 Å². The zero-order valence-electron chi connectivity index (χ0n) is 11.9. The molecule has 0 bridgehead atoms. The molecule has 1 aromatic rings. The maximum Gasteiger partial charge on any atom is 0.255 e. The Hall–Kier alpha value is -1.56. The Morgan fingerprint density at radius 2 is 2.11 bits per heavy atom. The molecular weight excluding hydrogens is 236 g/mol. The smallest absolute Gasteiger partial charge is 0.255 e. The Morgan fingerprint density at radius 3 is 2.79 bits per heavy atom. The van der Waals surface area contributed by atoms with Gasteiger partial charge in [0.15, 0.2) is 0 Å². The Balaban J connectivity index is 2.45. The van der Waals surface area contributed by atoms with Crippen LogP contribution < -0.4 is 5.56 Å². The van der Waals surface area contributed by atoms with Gasteiger partial charge in [-0.2, -0.15) is 5.26 Å². The molecule has 1 aromatic heterocycles. The van der Waals surface area contributed by atoms with Crippen molar-refractivity contribution in [1.29, 1.82) is 5.26 Å². The standard InChI is InChI=1S/C16H22N2O/c1-12(2)8-10-18-15-6-4-3-5-13(15)11-14(7-9-17)16(18)19/h11-12H,3-8,10H2,1-2H3. The normalized spacial score (nSPS) is 14.2. The topological polar surface area (TPSA) is 45.8 Å². The second-order valence-electron chi connectivity index (χ2n) is 5.82. The van der Waals surface area contributed by atoms with E-state index in [4.69, 9.17) is 5.26 Å². The minimum atomic E-state index is 0.0582. The molecule has 3 heteroatoms. The van der Waals surface area contributed by atoms with Gasteiger partial charge in [-0.1, -0.05) is 13.8 Å². The van der Waals surface area contributed by atoms with Gasteiger partial charge in [0.25, 0.3) is 5.56 Å². The third kappa shape index (κ3) is 3.07. The number of aromatic nitrogens is 1. The SMILES string of the molecule is CC(C)CCn1c2c(cc(CC#N)c1=O)CCCC2. The van der Waals surface area contributed by atoms with Crippen molar-refractivity contribution in [2.45, 2.75) is 58.9 Å². The number of nitrogens with zero attached hydrogens (tertiary/aromatic N) is 2. The van der Waals surface area contributed by atoms with Crippen molar-refractivity contribution in [3.8, 4) is 6.07 Å². The summed E-state index contributed by atoms with van der Waals surface area (Å²) in [4.78, 5) is 12.5. The van der Waals surface area contributed by atoms with E-state index in [1.807, 2.05) is 10.6 Å². The lowest BCUT2D eigenvalue weighted by atomic mass is 9.93. The van der Waals surface area contributed by atoms with E-state index in [-0.39, 0.29) is 12.0 Å². The highest BCUT2D eigenvalue weighted by atomic mass is 16.1. The molecular formula is C16H22N2O. The van der Waals surface area contributed by atoms with E-state index in [1.165, 1.54) is 24.1 Å². The van der Waals surface area contributed by atoms with Crippen molar-refractivity contribution in [3.05, 3.63) is 33.2 Å². The van der Waals surface area contributed by atoms with E-state index in [1.54, 1.807) is 0 Å². The summed E-state index contributed by atoms with van der Waals surface area (Å²) in [5, 5.41) is 8.86. The number of nitriles is 1. The molecule has 1 aliphatic carbocycles. The molecule has 0 unspecified atom stereocenters. The fourth-order valence-corrected chi connectivity index (χ4v) is 2.78. The zero-order chi connectivity index (χ0) is 13.8. The Morgan fingerprint density at radius 1 is 1.37 bits per heavy atom. The fourth-order valence-electron chi connectivity index (χ4n) is 2.78. The van der Waals surface area contributed by atoms with Crippen LogP contribution in [0, 0.1) is 17.2 Å². The Bertz CT molecular complexity index is 549. The van der Waals surface area contributed by atoms with E-state index < -0.39 is 0 Å². The van der Waals surface area contributed by atoms with Crippen LogP contribution in [0.15, 0.2) is 10.9 Å². The molecule has 0 aromatic carbocycles. The second-order valence-corrected chi connectivity index (χ2v) is 5.82. The summed E-state index contributed by atoms with van der Waals surface area (Å²) < 4.78 is 1.95. The predicted molar refractivity (Wildman–Crippen MR) is 76.1 cm³/mol. The highest BCUT2D eigenvalue weighted by molar-refractivity contribution is 5.30. The zero-order valence-corrected chi connectivity index (χ0v) is 11.9. The first kappa shape index (κ1) is 13.9. The largest absolute Gasteiger partial charge is 0.312 e. The molecule has 0 saturated carbocycles. The molecule has 0 fully saturated rings. The van der Waals surface area contributed by atoms with E-state index in [0.717, 1.165) is 25.8 Å². The van der Waals surface area contributed by atoms with E-state index in [0.29, 0.717) is 11.5 Å². The molecule has 0 radical (unpaired) electrons. The van der Waals surface area contributed by atoms with Crippen molar-refractivity contribution in [3.63, 3.8) is 0 Å². The van der Waals surface area contributed by atoms with Gasteiger partial charge in [-0.3, -0.25) is 4.79 Å². The van der Waals surface area contributed by atoms with Crippen LogP contribution in [-0.4, -0.2) is 4.57 Å². The Kier molecular flexibility index (Phi) is 4.42. The first-order valence-corrected chi connectivity index (χ1v) is 7.25. The highest BCUT2D eigenvalue weighted by Crippen LogP contribution is 2.21. The van der Waals surface area contributed by atoms with Gasteiger partial charge in [-0.25, -0.2) is 0 Å². The summed E-state index contributed by atoms with van der Waals surface area (Å²) >= 11 is 0. The second kappa shape index (κ2) is 6.06. The lowest BCUT2D eigenvalue weighted by Gasteiger charge is -2.22. The van der Waals surface area contributed by atoms with Crippen molar-refractivity contribution in [1.82, 2.24) is 4.57 Å². The van der Waals surface area contributed by atoms with Gasteiger partial charge in [0, 0.05) is 17.8 Å². The van der Waals surface area contributed by atoms with Gasteiger partial charge in [0.2, 0.25) is 0 Å². The maximum absolute atomic E-state index is 12.5. The molecule has 0 amide bonds. The first-order chi connectivity index (χ1) is 9.13. The lowest BCUT2D eigenvalue weighted by molar-refractivity contribution is 0.483. The third-order valence-corrected chi connectivity index (χ3v) is 3.87. The number of fused-ring (bicyclic) bond motifs is 1. The van der Waals surface area contributed by atoms with Gasteiger partial charge in [0.05, 0.1) is 12.5 Å². The molecule has 2 rings (SSSR count). The molecule has 0 saturated heterocycles. The van der Waals surface area contributed by atoms with Crippen LogP contribution in [0.3, 0.4) is 0 Å². The molecule has 1 aliphatic rings. The average molecular weight is 258 g/mol. The van der Waals surface area contributed by atoms with Crippen LogP contribution >= 0.6 is 0 Å². The van der Waals surface area contributed by atoms with E-state index in [9.17, 15) is 4.79 Å². The van der Waals surface area contributed by atoms with E-state index in [2.05, 4.69) is 19.9 Å². The summed E-state index contributed by atoms with van der Waals surface area (Å²) in [7, 11) is 0. The predicted octanol–water partition coefficient (Wildman–Crippen LogP) is 2.84. The molecule has 0 atom stereocenters. The van der Waals surface area contributed by atoms with Crippen LogP contribution in [-0.2, 0) is 25.8 Å². The number of pyridine rings is 1. The van der Waals surface area contributed by atoms with Gasteiger partial charge < -0.3 is 4.57 Å². The Labute approximate surface area is 114 Å². The number of aryl methyl sites for hydroxylation is 1. The molecule has 0 spiro atoms. The molecule has 0 N–H and O–H groups in total. The van der Waals surface area contributed by atoms with E-state index >= 15 is 0 Å². The van der Waals surface area contributed by atoms with Gasteiger partial charge in [0.1, 0.15) is 0 Å². The third-order valence-electron chi connectivity index (χ3n) is 3.87. The van der Waals surface area contributed by atoms with Crippen LogP contribution in [0.2, 0.25) is 0 Å². The summed E-state index contributed by atoms with van der Waals surface area (Å²) in [6.45, 7) is 5.14. The van der Waals surface area contributed by atoms with Crippen molar-refractivity contribution < 1.29 is 0 Å². The maximum atomic E-state index is 12.5. The average Bonchev–Trinajstić information content (AvgIpc) is 2.39. The van der Waals surface area contributed by atoms with Gasteiger partial charge in [-0.05, 0) is 49.7 Å². The highest BCUT2D eigenvalue weighted by Gasteiger charge is 2.17. The van der Waals surface area contributed by atoms with Gasteiger partial charge >= 0.3 is 0 Å². The molecule has 19 heavy (non-hydrogen) atoms. The summed E-state index contributed by atoms with van der Waals surface area (Å²) in [6.07, 6.45) is 5.68. The van der Waals surface area contributed by atoms with Crippen molar-refractivity contribution in [2.24, 2.45) is 5.92 Å². The molecule has 0 aliphatic heterocycles. The fraction of sp³-hybridized carbons (Fsp3) is 0.625. The van der Waals surface area contributed by atoms with Crippen LogP contribution in [0.5, 0.6) is 0 Å². The number of hydrogen-bond acceptors (Lipinski definition) is 2. The summed E-state index contributed by atoms with van der Waals surface area (Å²) in [5.41, 5.74) is 3.24.